The van der Waals surface area contributed by atoms with Gasteiger partial charge in [-0.25, -0.2) is 8.42 Å². The van der Waals surface area contributed by atoms with Crippen molar-refractivity contribution in [2.24, 2.45) is 0 Å². The minimum absolute atomic E-state index is 0.00161. The van der Waals surface area contributed by atoms with Gasteiger partial charge in [-0.2, -0.15) is 0 Å². The van der Waals surface area contributed by atoms with Crippen molar-refractivity contribution in [2.45, 2.75) is 25.8 Å². The average Bonchev–Trinajstić information content (AvgIpc) is 2.67. The fourth-order valence-corrected chi connectivity index (χ4v) is 4.30. The van der Waals surface area contributed by atoms with Crippen LogP contribution in [0.25, 0.3) is 0 Å². The first-order valence-corrected chi connectivity index (χ1v) is 11.2. The van der Waals surface area contributed by atoms with Gasteiger partial charge in [-0.05, 0) is 55.2 Å². The maximum absolute atomic E-state index is 12.6. The first-order chi connectivity index (χ1) is 12.9. The van der Waals surface area contributed by atoms with Crippen LogP contribution in [0.5, 0.6) is 0 Å². The third-order valence-corrected chi connectivity index (χ3v) is 6.23. The molecule has 0 bridgehead atoms. The smallest absolute Gasteiger partial charge is 0.253 e. The van der Waals surface area contributed by atoms with Crippen LogP contribution in [0.3, 0.4) is 0 Å². The van der Waals surface area contributed by atoms with Crippen LogP contribution in [0.15, 0.2) is 48.5 Å². The molecule has 2 aromatic carbocycles. The maximum atomic E-state index is 12.6. The van der Waals surface area contributed by atoms with Crippen LogP contribution in [-0.2, 0) is 16.6 Å². The summed E-state index contributed by atoms with van der Waals surface area (Å²) in [5.41, 5.74) is 1.80. The molecule has 0 saturated carbocycles. The number of halogens is 1. The van der Waals surface area contributed by atoms with E-state index in [4.69, 9.17) is 11.6 Å². The summed E-state index contributed by atoms with van der Waals surface area (Å²) >= 11 is 6.19. The highest BCUT2D eigenvalue weighted by atomic mass is 35.5. The molecule has 1 fully saturated rings. The molecule has 0 atom stereocenters. The molecule has 1 amide bonds. The van der Waals surface area contributed by atoms with Gasteiger partial charge >= 0.3 is 0 Å². The lowest BCUT2D eigenvalue weighted by molar-refractivity contribution is 0.0724. The lowest BCUT2D eigenvalue weighted by atomic mass is 10.1. The molecular weight excluding hydrogens is 384 g/mol. The van der Waals surface area contributed by atoms with E-state index < -0.39 is 10.0 Å². The topological polar surface area (TPSA) is 57.7 Å². The van der Waals surface area contributed by atoms with E-state index in [-0.39, 0.29) is 12.5 Å². The number of benzene rings is 2. The van der Waals surface area contributed by atoms with Crippen molar-refractivity contribution in [2.75, 3.05) is 23.7 Å². The lowest BCUT2D eigenvalue weighted by Crippen LogP contribution is -2.35. The SMILES string of the molecule is CS(=O)(=O)N(Cc1ccccc1Cl)c1ccc(C(=O)N2CCCCC2)cc1. The van der Waals surface area contributed by atoms with Crippen molar-refractivity contribution in [3.05, 3.63) is 64.7 Å². The first-order valence-electron chi connectivity index (χ1n) is 8.97. The fraction of sp³-hybridized carbons (Fsp3) is 0.350. The van der Waals surface area contributed by atoms with Crippen molar-refractivity contribution in [1.82, 2.24) is 4.90 Å². The van der Waals surface area contributed by atoms with E-state index in [9.17, 15) is 13.2 Å². The van der Waals surface area contributed by atoms with Gasteiger partial charge in [-0.15, -0.1) is 0 Å². The molecule has 7 heteroatoms. The summed E-state index contributed by atoms with van der Waals surface area (Å²) in [5.74, 6) is -0.00161. The van der Waals surface area contributed by atoms with Crippen molar-refractivity contribution < 1.29 is 13.2 Å². The molecule has 1 heterocycles. The quantitative estimate of drug-likeness (QED) is 0.755. The van der Waals surface area contributed by atoms with E-state index in [0.29, 0.717) is 16.3 Å². The Balaban J connectivity index is 1.83. The van der Waals surface area contributed by atoms with E-state index in [0.717, 1.165) is 44.2 Å². The molecule has 0 N–H and O–H groups in total. The van der Waals surface area contributed by atoms with Gasteiger partial charge in [0, 0.05) is 23.7 Å². The Morgan fingerprint density at radius 3 is 2.26 bits per heavy atom. The van der Waals surface area contributed by atoms with Crippen LogP contribution in [-0.4, -0.2) is 38.6 Å². The highest BCUT2D eigenvalue weighted by molar-refractivity contribution is 7.92. The van der Waals surface area contributed by atoms with Crippen molar-refractivity contribution in [3.8, 4) is 0 Å². The highest BCUT2D eigenvalue weighted by Crippen LogP contribution is 2.25. The van der Waals surface area contributed by atoms with Gasteiger partial charge in [0.15, 0.2) is 0 Å². The van der Waals surface area contributed by atoms with Gasteiger partial charge in [0.2, 0.25) is 10.0 Å². The molecule has 27 heavy (non-hydrogen) atoms. The number of anilines is 1. The number of hydrogen-bond donors (Lipinski definition) is 0. The maximum Gasteiger partial charge on any atom is 0.253 e. The van der Waals surface area contributed by atoms with E-state index in [1.165, 1.54) is 4.31 Å². The molecule has 0 radical (unpaired) electrons. The Bertz CT molecular complexity index is 907. The minimum atomic E-state index is -3.51. The largest absolute Gasteiger partial charge is 0.339 e. The van der Waals surface area contributed by atoms with Crippen molar-refractivity contribution >= 4 is 33.2 Å². The zero-order chi connectivity index (χ0) is 19.4. The molecular formula is C20H23ClN2O3S. The number of hydrogen-bond acceptors (Lipinski definition) is 3. The zero-order valence-corrected chi connectivity index (χ0v) is 16.8. The van der Waals surface area contributed by atoms with Crippen LogP contribution in [0.2, 0.25) is 5.02 Å². The predicted molar refractivity (Wildman–Crippen MR) is 109 cm³/mol. The first kappa shape index (κ1) is 19.7. The van der Waals surface area contributed by atoms with Crippen molar-refractivity contribution in [3.63, 3.8) is 0 Å². The number of carbonyl (C=O) groups excluding carboxylic acids is 1. The van der Waals surface area contributed by atoms with E-state index in [2.05, 4.69) is 0 Å². The van der Waals surface area contributed by atoms with Gasteiger partial charge < -0.3 is 4.90 Å². The normalized spacial score (nSPS) is 14.8. The molecule has 2 aromatic rings. The van der Waals surface area contributed by atoms with Gasteiger partial charge in [0.25, 0.3) is 5.91 Å². The van der Waals surface area contributed by atoms with Crippen molar-refractivity contribution in [1.29, 1.82) is 0 Å². The Hall–Kier alpha value is -2.05. The van der Waals surface area contributed by atoms with Crippen LogP contribution < -0.4 is 4.31 Å². The monoisotopic (exact) mass is 406 g/mol. The van der Waals surface area contributed by atoms with Gasteiger partial charge in [0.05, 0.1) is 18.5 Å². The molecule has 0 spiro atoms. The summed E-state index contributed by atoms with van der Waals surface area (Å²) in [4.78, 5) is 14.4. The summed E-state index contributed by atoms with van der Waals surface area (Å²) in [6.45, 7) is 1.70. The number of carbonyl (C=O) groups is 1. The summed E-state index contributed by atoms with van der Waals surface area (Å²) in [7, 11) is -3.51. The number of piperidine rings is 1. The Labute approximate surface area is 165 Å². The lowest BCUT2D eigenvalue weighted by Gasteiger charge is -2.27. The molecule has 0 aliphatic carbocycles. The summed E-state index contributed by atoms with van der Waals surface area (Å²) in [5, 5.41) is 0.517. The zero-order valence-electron chi connectivity index (χ0n) is 15.3. The highest BCUT2D eigenvalue weighted by Gasteiger charge is 2.21. The minimum Gasteiger partial charge on any atom is -0.339 e. The number of amides is 1. The second-order valence-electron chi connectivity index (χ2n) is 6.76. The van der Waals surface area contributed by atoms with Crippen LogP contribution in [0, 0.1) is 0 Å². The second-order valence-corrected chi connectivity index (χ2v) is 9.07. The number of likely N-dealkylation sites (tertiary alicyclic amines) is 1. The standard InChI is InChI=1S/C20H23ClN2O3S/c1-27(25,26)23(15-17-7-3-4-8-19(17)21)18-11-9-16(10-12-18)20(24)22-13-5-2-6-14-22/h3-4,7-12H,2,5-6,13-15H2,1H3. The Kier molecular flexibility index (Phi) is 6.07. The Morgan fingerprint density at radius 1 is 1.04 bits per heavy atom. The van der Waals surface area contributed by atoms with Gasteiger partial charge in [-0.3, -0.25) is 9.10 Å². The van der Waals surface area contributed by atoms with E-state index >= 15 is 0 Å². The number of sulfonamides is 1. The molecule has 5 nitrogen and oxygen atoms in total. The van der Waals surface area contributed by atoms with Gasteiger partial charge in [-0.1, -0.05) is 29.8 Å². The van der Waals surface area contributed by atoms with Crippen LogP contribution in [0.1, 0.15) is 35.2 Å². The number of nitrogens with zero attached hydrogens (tertiary/aromatic N) is 2. The molecule has 1 saturated heterocycles. The van der Waals surface area contributed by atoms with E-state index in [1.54, 1.807) is 42.5 Å². The Morgan fingerprint density at radius 2 is 1.67 bits per heavy atom. The third-order valence-electron chi connectivity index (χ3n) is 4.72. The second kappa shape index (κ2) is 8.31. The molecule has 0 aromatic heterocycles. The third kappa shape index (κ3) is 4.82. The molecule has 1 aliphatic heterocycles. The predicted octanol–water partition coefficient (Wildman–Crippen LogP) is 3.93. The summed E-state index contributed by atoms with van der Waals surface area (Å²) < 4.78 is 25.9. The molecule has 144 valence electrons. The summed E-state index contributed by atoms with van der Waals surface area (Å²) in [6.07, 6.45) is 4.39. The fourth-order valence-electron chi connectivity index (χ4n) is 3.23. The molecule has 3 rings (SSSR count). The van der Waals surface area contributed by atoms with Crippen LogP contribution >= 0.6 is 11.6 Å². The average molecular weight is 407 g/mol. The summed E-state index contributed by atoms with van der Waals surface area (Å²) in [6, 6.07) is 13.9. The molecule has 1 aliphatic rings. The molecule has 0 unspecified atom stereocenters. The van der Waals surface area contributed by atoms with Gasteiger partial charge in [0.1, 0.15) is 0 Å². The number of rotatable bonds is 5. The van der Waals surface area contributed by atoms with E-state index in [1.807, 2.05) is 11.0 Å². The van der Waals surface area contributed by atoms with Crippen LogP contribution in [0.4, 0.5) is 5.69 Å².